The second kappa shape index (κ2) is 10.5. The normalized spacial score (nSPS) is 22.1. The van der Waals surface area contributed by atoms with Gasteiger partial charge in [-0.05, 0) is 47.1 Å². The van der Waals surface area contributed by atoms with Crippen LogP contribution in [0.25, 0.3) is 0 Å². The quantitative estimate of drug-likeness (QED) is 0.590. The topological polar surface area (TPSA) is 68.0 Å². The molecular formula is C28H33N3O3. The highest BCUT2D eigenvalue weighted by atomic mass is 16.5. The van der Waals surface area contributed by atoms with Crippen LogP contribution in [-0.4, -0.2) is 55.0 Å². The van der Waals surface area contributed by atoms with Gasteiger partial charge in [0.1, 0.15) is 13.2 Å². The Balaban J connectivity index is 1.24. The van der Waals surface area contributed by atoms with Crippen LogP contribution in [0, 0.1) is 11.8 Å². The number of nitrogens with two attached hydrogens (primary N) is 1. The number of benzene rings is 2. The molecule has 2 aromatic rings. The number of piperazine rings is 1. The largest absolute Gasteiger partial charge is 0.485 e. The Morgan fingerprint density at radius 1 is 0.882 bits per heavy atom. The fraction of sp³-hybridized carbons (Fsp3) is 0.393. The van der Waals surface area contributed by atoms with E-state index in [1.54, 1.807) is 0 Å². The number of primary amides is 1. The number of nitrogens with zero attached hydrogens (tertiary/aromatic N) is 2. The molecule has 0 spiro atoms. The van der Waals surface area contributed by atoms with E-state index in [-0.39, 0.29) is 5.91 Å². The number of fused-ring (bicyclic) bond motifs is 1. The molecule has 1 saturated heterocycles. The molecule has 2 atom stereocenters. The van der Waals surface area contributed by atoms with Crippen molar-refractivity contribution in [3.63, 3.8) is 0 Å². The Kier molecular flexibility index (Phi) is 6.97. The lowest BCUT2D eigenvalue weighted by molar-refractivity contribution is -0.119. The average Bonchev–Trinajstić information content (AvgIpc) is 3.63. The van der Waals surface area contributed by atoms with E-state index >= 15 is 0 Å². The molecule has 0 aromatic heterocycles. The van der Waals surface area contributed by atoms with Gasteiger partial charge in [0.2, 0.25) is 5.91 Å². The van der Waals surface area contributed by atoms with Crippen LogP contribution in [0.4, 0.5) is 0 Å². The van der Waals surface area contributed by atoms with Gasteiger partial charge in [0.05, 0.1) is 6.54 Å². The number of carbonyl (C=O) groups is 1. The fourth-order valence-electron chi connectivity index (χ4n) is 4.69. The summed E-state index contributed by atoms with van der Waals surface area (Å²) in [4.78, 5) is 15.7. The highest BCUT2D eigenvalue weighted by Gasteiger charge is 2.34. The molecule has 1 amide bonds. The van der Waals surface area contributed by atoms with Crippen molar-refractivity contribution in [2.75, 3.05) is 39.3 Å². The molecule has 2 unspecified atom stereocenters. The lowest BCUT2D eigenvalue weighted by Crippen LogP contribution is -2.48. The van der Waals surface area contributed by atoms with Crippen molar-refractivity contribution in [2.24, 2.45) is 17.6 Å². The van der Waals surface area contributed by atoms with Crippen molar-refractivity contribution in [1.29, 1.82) is 0 Å². The summed E-state index contributed by atoms with van der Waals surface area (Å²) in [7, 11) is 0. The van der Waals surface area contributed by atoms with E-state index in [9.17, 15) is 4.79 Å². The van der Waals surface area contributed by atoms with Crippen LogP contribution in [-0.2, 0) is 17.9 Å². The molecule has 1 aliphatic heterocycles. The van der Waals surface area contributed by atoms with Gasteiger partial charge in [-0.25, -0.2) is 0 Å². The summed E-state index contributed by atoms with van der Waals surface area (Å²) in [6.07, 6.45) is 8.13. The van der Waals surface area contributed by atoms with Crippen molar-refractivity contribution in [2.45, 2.75) is 19.6 Å². The molecule has 1 saturated carbocycles. The van der Waals surface area contributed by atoms with Crippen LogP contribution in [0.2, 0.25) is 0 Å². The van der Waals surface area contributed by atoms with E-state index in [0.717, 1.165) is 55.7 Å². The van der Waals surface area contributed by atoms with Crippen molar-refractivity contribution in [1.82, 2.24) is 9.80 Å². The van der Waals surface area contributed by atoms with Crippen molar-refractivity contribution < 1.29 is 14.3 Å². The van der Waals surface area contributed by atoms with Gasteiger partial charge in [-0.2, -0.15) is 0 Å². The van der Waals surface area contributed by atoms with Crippen LogP contribution in [0.3, 0.4) is 0 Å². The van der Waals surface area contributed by atoms with E-state index in [1.807, 2.05) is 24.3 Å². The second-order valence-corrected chi connectivity index (χ2v) is 9.53. The summed E-state index contributed by atoms with van der Waals surface area (Å²) in [6.45, 7) is 5.76. The smallest absolute Gasteiger partial charge is 0.231 e. The van der Waals surface area contributed by atoms with E-state index in [2.05, 4.69) is 52.3 Å². The summed E-state index contributed by atoms with van der Waals surface area (Å²) >= 11 is 0. The number of ether oxygens (including phenoxy) is 2. The Labute approximate surface area is 201 Å². The summed E-state index contributed by atoms with van der Waals surface area (Å²) in [5.74, 6) is 2.76. The zero-order chi connectivity index (χ0) is 23.3. The Hall–Kier alpha value is -3.09. The molecule has 0 bridgehead atoms. The zero-order valence-electron chi connectivity index (χ0n) is 19.6. The monoisotopic (exact) mass is 459 g/mol. The molecule has 2 aromatic carbocycles. The van der Waals surface area contributed by atoms with E-state index in [1.165, 1.54) is 17.6 Å². The molecule has 5 rings (SSSR count). The summed E-state index contributed by atoms with van der Waals surface area (Å²) < 4.78 is 12.5. The number of rotatable bonds is 10. The van der Waals surface area contributed by atoms with Gasteiger partial charge >= 0.3 is 0 Å². The predicted molar refractivity (Wildman–Crippen MR) is 132 cm³/mol. The molecule has 1 heterocycles. The van der Waals surface area contributed by atoms with Crippen molar-refractivity contribution in [3.05, 3.63) is 83.5 Å². The van der Waals surface area contributed by atoms with Crippen molar-refractivity contribution in [3.8, 4) is 11.5 Å². The minimum atomic E-state index is -0.263. The Morgan fingerprint density at radius 2 is 1.65 bits per heavy atom. The third-order valence-electron chi connectivity index (χ3n) is 6.77. The zero-order valence-corrected chi connectivity index (χ0v) is 19.6. The number of allylic oxidation sites excluding steroid dienone is 2. The van der Waals surface area contributed by atoms with Crippen LogP contribution >= 0.6 is 0 Å². The minimum Gasteiger partial charge on any atom is -0.485 e. The van der Waals surface area contributed by atoms with E-state index < -0.39 is 0 Å². The van der Waals surface area contributed by atoms with Crippen LogP contribution in [0.5, 0.6) is 11.5 Å². The lowest BCUT2D eigenvalue weighted by atomic mass is 10.1. The molecule has 178 valence electrons. The third-order valence-corrected chi connectivity index (χ3v) is 6.77. The molecule has 6 heteroatoms. The van der Waals surface area contributed by atoms with Gasteiger partial charge in [-0.3, -0.25) is 14.6 Å². The number of amides is 1. The summed E-state index contributed by atoms with van der Waals surface area (Å²) in [6, 6.07) is 16.5. The highest BCUT2D eigenvalue weighted by molar-refractivity contribution is 5.75. The van der Waals surface area contributed by atoms with Crippen LogP contribution in [0.15, 0.2) is 72.3 Å². The first kappa shape index (κ1) is 22.7. The molecule has 2 N–H and O–H groups in total. The first-order chi connectivity index (χ1) is 16.6. The Bertz CT molecular complexity index is 1060. The standard InChI is InChI=1S/C28H33N3O3/c29-28(32)18-31-12-10-30(11-13-31)17-22-7-9-26(33-20-23-6-8-24-16-25(24)14-23)27(15-22)34-19-21-4-2-1-3-5-21/h1-9,14-15,24-25H,10-13,16-20H2,(H2,29,32). The predicted octanol–water partition coefficient (Wildman–Crippen LogP) is 3.38. The lowest BCUT2D eigenvalue weighted by Gasteiger charge is -2.34. The highest BCUT2D eigenvalue weighted by Crippen LogP contribution is 2.44. The van der Waals surface area contributed by atoms with Crippen molar-refractivity contribution >= 4 is 5.91 Å². The maximum Gasteiger partial charge on any atom is 0.231 e. The number of hydrogen-bond acceptors (Lipinski definition) is 5. The van der Waals surface area contributed by atoms with E-state index in [0.29, 0.717) is 25.7 Å². The number of hydrogen-bond donors (Lipinski definition) is 1. The molecular weight excluding hydrogens is 426 g/mol. The average molecular weight is 460 g/mol. The van der Waals surface area contributed by atoms with Gasteiger partial charge in [-0.1, -0.05) is 54.6 Å². The molecule has 6 nitrogen and oxygen atoms in total. The maximum atomic E-state index is 11.2. The van der Waals surface area contributed by atoms with Crippen LogP contribution < -0.4 is 15.2 Å². The van der Waals surface area contributed by atoms with Gasteiger partial charge in [0.25, 0.3) is 0 Å². The maximum absolute atomic E-state index is 11.2. The molecule has 3 aliphatic rings. The SMILES string of the molecule is NC(=O)CN1CCN(Cc2ccc(OCC3=CC4CC4C=C3)c(OCc3ccccc3)c2)CC1. The van der Waals surface area contributed by atoms with Gasteiger partial charge in [-0.15, -0.1) is 0 Å². The van der Waals surface area contributed by atoms with Gasteiger partial charge < -0.3 is 15.2 Å². The minimum absolute atomic E-state index is 0.263. The number of carbonyl (C=O) groups excluding carboxylic acids is 1. The molecule has 0 radical (unpaired) electrons. The van der Waals surface area contributed by atoms with Crippen LogP contribution in [0.1, 0.15) is 17.5 Å². The second-order valence-electron chi connectivity index (χ2n) is 9.53. The Morgan fingerprint density at radius 3 is 2.41 bits per heavy atom. The van der Waals surface area contributed by atoms with E-state index in [4.69, 9.17) is 15.2 Å². The van der Waals surface area contributed by atoms with Gasteiger partial charge in [0, 0.05) is 32.7 Å². The molecule has 2 aliphatic carbocycles. The fourth-order valence-corrected chi connectivity index (χ4v) is 4.69. The first-order valence-electron chi connectivity index (χ1n) is 12.2. The first-order valence-corrected chi connectivity index (χ1v) is 12.2. The molecule has 34 heavy (non-hydrogen) atoms. The summed E-state index contributed by atoms with van der Waals surface area (Å²) in [5.41, 5.74) is 8.90. The third kappa shape index (κ3) is 6.07. The summed E-state index contributed by atoms with van der Waals surface area (Å²) in [5, 5.41) is 0. The molecule has 2 fully saturated rings. The van der Waals surface area contributed by atoms with Gasteiger partial charge in [0.15, 0.2) is 11.5 Å².